The Morgan fingerprint density at radius 3 is 0.667 bits per heavy atom. The van der Waals surface area contributed by atoms with Crippen molar-refractivity contribution in [3.05, 3.63) is 293 Å². The van der Waals surface area contributed by atoms with E-state index in [4.69, 9.17) is 0 Å². The number of hydrogen-bond acceptors (Lipinski definition) is 3. The average Bonchev–Trinajstić information content (AvgIpc) is 3.41. The van der Waals surface area contributed by atoms with Gasteiger partial charge in [-0.1, -0.05) is 167 Å². The van der Waals surface area contributed by atoms with Crippen molar-refractivity contribution in [3.8, 4) is 11.1 Å². The number of aryl methyl sites for hydroxylation is 6. The molecule has 0 heterocycles. The van der Waals surface area contributed by atoms with Gasteiger partial charge in [-0.05, 0) is 197 Å². The van der Waals surface area contributed by atoms with Crippen LogP contribution in [0.4, 0.5) is 51.2 Å². The predicted octanol–water partition coefficient (Wildman–Crippen LogP) is 19.2. The van der Waals surface area contributed by atoms with Crippen LogP contribution in [-0.4, -0.2) is 0 Å². The average molecular weight is 934 g/mol. The summed E-state index contributed by atoms with van der Waals surface area (Å²) in [7, 11) is 0. The van der Waals surface area contributed by atoms with Crippen molar-refractivity contribution in [1.29, 1.82) is 0 Å². The van der Waals surface area contributed by atoms with Gasteiger partial charge in [0.25, 0.3) is 0 Å². The van der Waals surface area contributed by atoms with Crippen molar-refractivity contribution in [2.75, 3.05) is 14.7 Å². The van der Waals surface area contributed by atoms with Gasteiger partial charge < -0.3 is 14.7 Å². The van der Waals surface area contributed by atoms with Crippen molar-refractivity contribution in [2.45, 2.75) is 60.3 Å². The summed E-state index contributed by atoms with van der Waals surface area (Å²) < 4.78 is 0. The summed E-state index contributed by atoms with van der Waals surface area (Å²) in [5, 5.41) is 0. The number of anilines is 9. The molecule has 3 heteroatoms. The van der Waals surface area contributed by atoms with E-state index in [1.165, 1.54) is 55.6 Å². The highest BCUT2D eigenvalue weighted by atomic mass is 15.2. The summed E-state index contributed by atoms with van der Waals surface area (Å²) >= 11 is 0. The van der Waals surface area contributed by atoms with E-state index in [0.29, 0.717) is 5.92 Å². The van der Waals surface area contributed by atoms with E-state index in [0.717, 1.165) is 69.6 Å². The molecular weight excluding hydrogens is 871 g/mol. The fourth-order valence-electron chi connectivity index (χ4n) is 9.69. The minimum Gasteiger partial charge on any atom is -0.311 e. The highest BCUT2D eigenvalue weighted by Crippen LogP contribution is 2.41. The van der Waals surface area contributed by atoms with Crippen molar-refractivity contribution >= 4 is 51.2 Å². The molecule has 72 heavy (non-hydrogen) atoms. The molecule has 0 radical (unpaired) electrons. The Labute approximate surface area is 428 Å². The fourth-order valence-corrected chi connectivity index (χ4v) is 9.69. The highest BCUT2D eigenvalue weighted by Gasteiger charge is 2.19. The summed E-state index contributed by atoms with van der Waals surface area (Å²) in [6.07, 6.45) is 1.96. The molecule has 0 fully saturated rings. The number of hydrogen-bond donors (Lipinski definition) is 0. The molecule has 0 aromatic heterocycles. The normalized spacial score (nSPS) is 11.5. The predicted molar refractivity (Wildman–Crippen MR) is 307 cm³/mol. The highest BCUT2D eigenvalue weighted by molar-refractivity contribution is 5.83. The Morgan fingerprint density at radius 2 is 0.403 bits per heavy atom. The second kappa shape index (κ2) is 21.3. The van der Waals surface area contributed by atoms with Gasteiger partial charge in [0.05, 0.1) is 0 Å². The van der Waals surface area contributed by atoms with E-state index in [2.05, 4.69) is 299 Å². The lowest BCUT2D eigenvalue weighted by Gasteiger charge is -2.28. The minimum atomic E-state index is 0.372. The Bertz CT molecular complexity index is 3280. The first kappa shape index (κ1) is 47.3. The van der Waals surface area contributed by atoms with Gasteiger partial charge in [-0.3, -0.25) is 0 Å². The van der Waals surface area contributed by atoms with Crippen LogP contribution in [0.5, 0.6) is 0 Å². The summed E-state index contributed by atoms with van der Waals surface area (Å²) in [5.74, 6) is 0.372. The van der Waals surface area contributed by atoms with Gasteiger partial charge in [-0.25, -0.2) is 0 Å². The molecule has 0 saturated heterocycles. The first-order chi connectivity index (χ1) is 35.1. The van der Waals surface area contributed by atoms with Crippen LogP contribution >= 0.6 is 0 Å². The molecule has 10 rings (SSSR count). The lowest BCUT2D eigenvalue weighted by molar-refractivity contribution is 0.680. The molecule has 0 bridgehead atoms. The molecule has 3 nitrogen and oxygen atoms in total. The lowest BCUT2D eigenvalue weighted by atomic mass is 9.86. The Balaban J connectivity index is 0.915. The molecule has 1 atom stereocenters. The first-order valence-corrected chi connectivity index (χ1v) is 25.3. The minimum absolute atomic E-state index is 0.372. The molecule has 0 saturated carbocycles. The molecule has 0 amide bonds. The number of rotatable bonds is 15. The monoisotopic (exact) mass is 934 g/mol. The van der Waals surface area contributed by atoms with Gasteiger partial charge in [-0.15, -0.1) is 0 Å². The van der Waals surface area contributed by atoms with Gasteiger partial charge >= 0.3 is 0 Å². The van der Waals surface area contributed by atoms with E-state index in [1.807, 2.05) is 0 Å². The molecule has 0 N–H and O–H groups in total. The van der Waals surface area contributed by atoms with Crippen molar-refractivity contribution < 1.29 is 0 Å². The van der Waals surface area contributed by atoms with Crippen LogP contribution in [-0.2, 0) is 12.8 Å². The number of nitrogens with zero attached hydrogens (tertiary/aromatic N) is 3. The molecule has 1 unspecified atom stereocenters. The molecule has 0 aliphatic heterocycles. The van der Waals surface area contributed by atoms with Gasteiger partial charge in [0.2, 0.25) is 0 Å². The molecule has 0 aliphatic rings. The fraction of sp³-hybridized carbons (Fsp3) is 0.130. The zero-order valence-electron chi connectivity index (χ0n) is 42.4. The largest absolute Gasteiger partial charge is 0.311 e. The van der Waals surface area contributed by atoms with Crippen molar-refractivity contribution in [2.24, 2.45) is 0 Å². The van der Waals surface area contributed by atoms with Crippen LogP contribution in [0.2, 0.25) is 0 Å². The maximum absolute atomic E-state index is 2.37. The summed E-state index contributed by atoms with van der Waals surface area (Å²) in [4.78, 5) is 7.03. The zero-order chi connectivity index (χ0) is 49.6. The van der Waals surface area contributed by atoms with Gasteiger partial charge in [0.1, 0.15) is 0 Å². The quantitative estimate of drug-likeness (QED) is 0.101. The maximum atomic E-state index is 2.37. The van der Waals surface area contributed by atoms with Crippen LogP contribution in [0, 0.1) is 41.5 Å². The first-order valence-electron chi connectivity index (χ1n) is 25.3. The van der Waals surface area contributed by atoms with Crippen LogP contribution in [0.3, 0.4) is 0 Å². The Hall–Kier alpha value is -8.40. The van der Waals surface area contributed by atoms with Crippen molar-refractivity contribution in [1.82, 2.24) is 0 Å². The van der Waals surface area contributed by atoms with Gasteiger partial charge in [-0.2, -0.15) is 0 Å². The summed E-state index contributed by atoms with van der Waals surface area (Å²) in [6.45, 7) is 12.9. The summed E-state index contributed by atoms with van der Waals surface area (Å²) in [5.41, 5.74) is 24.0. The van der Waals surface area contributed by atoms with Crippen LogP contribution in [0.1, 0.15) is 56.0 Å². The molecule has 10 aromatic rings. The van der Waals surface area contributed by atoms with Gasteiger partial charge in [0, 0.05) is 51.2 Å². The van der Waals surface area contributed by atoms with Crippen LogP contribution in [0.25, 0.3) is 11.1 Å². The molecule has 0 spiro atoms. The second-order valence-electron chi connectivity index (χ2n) is 19.6. The summed E-state index contributed by atoms with van der Waals surface area (Å²) in [6, 6.07) is 89.4. The topological polar surface area (TPSA) is 9.72 Å². The SMILES string of the molecule is Cc1ccc(CC(Cc2ccc(N(c3ccc(C)cc3)c3ccc(-c4ccc(N(c5ccc(C)cc5)c5ccc(N(c6ccc(C)cc6)c6ccc(C)cc6)cc5)cc4)cc3)cc2)c2ccc(C)cc2)cc1. The van der Waals surface area contributed by atoms with E-state index in [-0.39, 0.29) is 0 Å². The van der Waals surface area contributed by atoms with Crippen LogP contribution in [0.15, 0.2) is 243 Å². The van der Waals surface area contributed by atoms with Crippen molar-refractivity contribution in [3.63, 3.8) is 0 Å². The standard InChI is InChI=1S/C69H63N3/c1-49-7-19-55(20-8-49)47-60(59-23-9-50(2)10-24-59)48-56-21-37-65(38-22-56)71(63-33-15-53(5)16-34-63)66-39-25-57(26-40-66)58-27-41-67(42-28-58)72(64-35-17-54(6)18-36-64)69-45-43-68(44-46-69)70(61-29-11-51(3)12-30-61)62-31-13-52(4)14-32-62/h7-46,60H,47-48H2,1-6H3. The van der Waals surface area contributed by atoms with E-state index in [1.54, 1.807) is 0 Å². The lowest BCUT2D eigenvalue weighted by Crippen LogP contribution is -2.12. The van der Waals surface area contributed by atoms with Gasteiger partial charge in [0.15, 0.2) is 0 Å². The Kier molecular flexibility index (Phi) is 14.0. The maximum Gasteiger partial charge on any atom is 0.0463 e. The third-order valence-corrected chi connectivity index (χ3v) is 13.9. The second-order valence-corrected chi connectivity index (χ2v) is 19.6. The zero-order valence-corrected chi connectivity index (χ0v) is 42.4. The molecule has 10 aromatic carbocycles. The molecule has 0 aliphatic carbocycles. The third kappa shape index (κ3) is 11.0. The number of benzene rings is 10. The van der Waals surface area contributed by atoms with Crippen LogP contribution < -0.4 is 14.7 Å². The van der Waals surface area contributed by atoms with E-state index in [9.17, 15) is 0 Å². The van der Waals surface area contributed by atoms with E-state index >= 15 is 0 Å². The smallest absolute Gasteiger partial charge is 0.0463 e. The molecular formula is C69H63N3. The molecule has 354 valence electrons. The third-order valence-electron chi connectivity index (χ3n) is 13.9. The Morgan fingerprint density at radius 1 is 0.222 bits per heavy atom. The van der Waals surface area contributed by atoms with E-state index < -0.39 is 0 Å².